The molecule has 1 N–H and O–H groups in total. The van der Waals surface area contributed by atoms with E-state index in [9.17, 15) is 4.79 Å². The highest BCUT2D eigenvalue weighted by Crippen LogP contribution is 2.24. The molecule has 5 nitrogen and oxygen atoms in total. The molecule has 2 heterocycles. The van der Waals surface area contributed by atoms with Crippen molar-refractivity contribution in [2.75, 3.05) is 59.0 Å². The quantitative estimate of drug-likeness (QED) is 0.685. The van der Waals surface area contributed by atoms with Gasteiger partial charge in [-0.3, -0.25) is 9.69 Å². The Hall–Kier alpha value is -0.650. The maximum Gasteiger partial charge on any atom is 0.224 e. The third-order valence-electron chi connectivity index (χ3n) is 5.06. The van der Waals surface area contributed by atoms with E-state index in [1.54, 1.807) is 0 Å². The molecule has 0 aromatic carbocycles. The Morgan fingerprint density at radius 2 is 1.96 bits per heavy atom. The van der Waals surface area contributed by atoms with Crippen molar-refractivity contribution in [2.45, 2.75) is 40.0 Å². The van der Waals surface area contributed by atoms with Gasteiger partial charge in [0.05, 0.1) is 19.1 Å². The fourth-order valence-corrected chi connectivity index (χ4v) is 3.97. The van der Waals surface area contributed by atoms with E-state index in [-0.39, 0.29) is 11.8 Å². The first-order valence-electron chi connectivity index (χ1n) is 9.88. The fraction of sp³-hybridized carbons (Fsp3) is 0.947. The van der Waals surface area contributed by atoms with E-state index in [2.05, 4.69) is 35.9 Å². The van der Waals surface area contributed by atoms with Gasteiger partial charge in [-0.25, -0.2) is 0 Å². The third-order valence-corrected chi connectivity index (χ3v) is 5.06. The molecule has 0 bridgehead atoms. The number of morpholine rings is 1. The molecule has 140 valence electrons. The smallest absolute Gasteiger partial charge is 0.224 e. The van der Waals surface area contributed by atoms with E-state index >= 15 is 0 Å². The summed E-state index contributed by atoms with van der Waals surface area (Å²) in [5.41, 5.74) is 0. The first-order valence-corrected chi connectivity index (χ1v) is 9.88. The highest BCUT2D eigenvalue weighted by Gasteiger charge is 2.32. The number of amides is 1. The Morgan fingerprint density at radius 3 is 2.62 bits per heavy atom. The highest BCUT2D eigenvalue weighted by atomic mass is 16.5. The average molecular weight is 340 g/mol. The zero-order valence-corrected chi connectivity index (χ0v) is 15.9. The number of piperidine rings is 1. The first-order chi connectivity index (χ1) is 11.6. The fourth-order valence-electron chi connectivity index (χ4n) is 3.97. The molecule has 0 saturated carbocycles. The van der Waals surface area contributed by atoms with E-state index in [0.29, 0.717) is 11.8 Å². The number of nitrogens with zero attached hydrogens (tertiary/aromatic N) is 2. The van der Waals surface area contributed by atoms with Crippen LogP contribution in [0.5, 0.6) is 0 Å². The van der Waals surface area contributed by atoms with Crippen molar-refractivity contribution in [2.24, 2.45) is 17.8 Å². The molecule has 0 unspecified atom stereocenters. The maximum atomic E-state index is 12.6. The molecule has 2 fully saturated rings. The van der Waals surface area contributed by atoms with Crippen LogP contribution in [-0.4, -0.2) is 74.7 Å². The summed E-state index contributed by atoms with van der Waals surface area (Å²) in [6, 6.07) is 0. The van der Waals surface area contributed by atoms with E-state index in [1.165, 1.54) is 0 Å². The van der Waals surface area contributed by atoms with Crippen LogP contribution in [0.15, 0.2) is 0 Å². The topological polar surface area (TPSA) is 44.8 Å². The summed E-state index contributed by atoms with van der Waals surface area (Å²) in [4.78, 5) is 17.6. The monoisotopic (exact) mass is 339 g/mol. The summed E-state index contributed by atoms with van der Waals surface area (Å²) < 4.78 is 5.46. The summed E-state index contributed by atoms with van der Waals surface area (Å²) in [7, 11) is 0. The average Bonchev–Trinajstić information content (AvgIpc) is 2.55. The molecular weight excluding hydrogens is 302 g/mol. The number of unbranched alkanes of at least 4 members (excludes halogenated alkanes) is 1. The van der Waals surface area contributed by atoms with Gasteiger partial charge in [-0.15, -0.1) is 0 Å². The highest BCUT2D eigenvalue weighted by molar-refractivity contribution is 5.79. The Labute approximate surface area is 148 Å². The second kappa shape index (κ2) is 10.4. The minimum absolute atomic E-state index is 0.153. The maximum absolute atomic E-state index is 12.6. The molecule has 2 aliphatic rings. The van der Waals surface area contributed by atoms with Crippen molar-refractivity contribution < 1.29 is 9.53 Å². The van der Waals surface area contributed by atoms with Crippen LogP contribution in [-0.2, 0) is 9.53 Å². The van der Waals surface area contributed by atoms with Crippen LogP contribution in [0.4, 0.5) is 0 Å². The molecule has 0 radical (unpaired) electrons. The molecule has 2 rings (SSSR count). The minimum atomic E-state index is 0.153. The Morgan fingerprint density at radius 1 is 1.21 bits per heavy atom. The van der Waals surface area contributed by atoms with E-state index < -0.39 is 0 Å². The second-order valence-corrected chi connectivity index (χ2v) is 7.97. The first kappa shape index (κ1) is 19.7. The number of carbonyl (C=O) groups is 1. The lowest BCUT2D eigenvalue weighted by atomic mass is 9.87. The predicted molar refractivity (Wildman–Crippen MR) is 98.1 cm³/mol. The van der Waals surface area contributed by atoms with Gasteiger partial charge >= 0.3 is 0 Å². The molecule has 5 heteroatoms. The molecule has 2 aliphatic heterocycles. The Kier molecular flexibility index (Phi) is 8.50. The van der Waals surface area contributed by atoms with E-state index in [4.69, 9.17) is 4.74 Å². The van der Waals surface area contributed by atoms with Gasteiger partial charge in [0.25, 0.3) is 0 Å². The number of ether oxygens (including phenoxy) is 1. The lowest BCUT2D eigenvalue weighted by molar-refractivity contribution is -0.127. The lowest BCUT2D eigenvalue weighted by Gasteiger charge is -2.40. The van der Waals surface area contributed by atoms with E-state index in [1.807, 2.05) is 0 Å². The van der Waals surface area contributed by atoms with E-state index in [0.717, 1.165) is 78.3 Å². The van der Waals surface area contributed by atoms with Crippen LogP contribution >= 0.6 is 0 Å². The number of rotatable bonds is 8. The van der Waals surface area contributed by atoms with Gasteiger partial charge in [0.1, 0.15) is 0 Å². The molecule has 1 amide bonds. The van der Waals surface area contributed by atoms with Crippen molar-refractivity contribution >= 4 is 5.91 Å². The SMILES string of the molecule is CCCCNC(=O)[C@@H]1C[C@H](CN2CCOCC2)CN(CC(C)C)C1. The number of hydrogen-bond donors (Lipinski definition) is 1. The van der Waals surface area contributed by atoms with Crippen molar-refractivity contribution in [1.82, 2.24) is 15.1 Å². The normalized spacial score (nSPS) is 26.7. The summed E-state index contributed by atoms with van der Waals surface area (Å²) in [5.74, 6) is 1.66. The summed E-state index contributed by atoms with van der Waals surface area (Å²) in [6.07, 6.45) is 3.24. The predicted octanol–water partition coefficient (Wildman–Crippen LogP) is 1.83. The Balaban J connectivity index is 1.89. The zero-order valence-electron chi connectivity index (χ0n) is 15.9. The number of carbonyl (C=O) groups excluding carboxylic acids is 1. The minimum Gasteiger partial charge on any atom is -0.379 e. The molecule has 2 atom stereocenters. The zero-order chi connectivity index (χ0) is 17.4. The number of nitrogens with one attached hydrogen (secondary N) is 1. The van der Waals surface area contributed by atoms with Crippen LogP contribution in [0.3, 0.4) is 0 Å². The van der Waals surface area contributed by atoms with Crippen molar-refractivity contribution in [3.8, 4) is 0 Å². The lowest BCUT2D eigenvalue weighted by Crippen LogP contribution is -2.50. The van der Waals surface area contributed by atoms with Crippen LogP contribution in [0, 0.1) is 17.8 Å². The van der Waals surface area contributed by atoms with Gasteiger partial charge in [0.2, 0.25) is 5.91 Å². The van der Waals surface area contributed by atoms with Gasteiger partial charge in [-0.1, -0.05) is 27.2 Å². The molecule has 0 aliphatic carbocycles. The molecular formula is C19H37N3O2. The van der Waals surface area contributed by atoms with Gasteiger partial charge in [0.15, 0.2) is 0 Å². The molecule has 0 aromatic rings. The molecule has 24 heavy (non-hydrogen) atoms. The van der Waals surface area contributed by atoms with Crippen LogP contribution in [0.2, 0.25) is 0 Å². The van der Waals surface area contributed by atoms with Gasteiger partial charge in [-0.2, -0.15) is 0 Å². The third kappa shape index (κ3) is 6.69. The second-order valence-electron chi connectivity index (χ2n) is 7.97. The largest absolute Gasteiger partial charge is 0.379 e. The van der Waals surface area contributed by atoms with Gasteiger partial charge < -0.3 is 15.0 Å². The van der Waals surface area contributed by atoms with Gasteiger partial charge in [-0.05, 0) is 24.7 Å². The standard InChI is InChI=1S/C19H37N3O2/c1-4-5-6-20-19(23)18-11-17(13-21-7-9-24-10-8-21)14-22(15-18)12-16(2)3/h16-18H,4-15H2,1-3H3,(H,20,23)/t17-,18-/m1/s1. The van der Waals surface area contributed by atoms with Crippen LogP contribution < -0.4 is 5.32 Å². The Bertz CT molecular complexity index is 370. The van der Waals surface area contributed by atoms with Crippen molar-refractivity contribution in [3.05, 3.63) is 0 Å². The summed E-state index contributed by atoms with van der Waals surface area (Å²) in [6.45, 7) is 15.6. The number of hydrogen-bond acceptors (Lipinski definition) is 4. The molecule has 0 spiro atoms. The van der Waals surface area contributed by atoms with Crippen LogP contribution in [0.25, 0.3) is 0 Å². The summed E-state index contributed by atoms with van der Waals surface area (Å²) in [5, 5.41) is 3.15. The summed E-state index contributed by atoms with van der Waals surface area (Å²) >= 11 is 0. The molecule has 2 saturated heterocycles. The van der Waals surface area contributed by atoms with Crippen molar-refractivity contribution in [3.63, 3.8) is 0 Å². The van der Waals surface area contributed by atoms with Crippen LogP contribution in [0.1, 0.15) is 40.0 Å². The number of likely N-dealkylation sites (tertiary alicyclic amines) is 1. The van der Waals surface area contributed by atoms with Gasteiger partial charge in [0, 0.05) is 45.8 Å². The van der Waals surface area contributed by atoms with Crippen molar-refractivity contribution in [1.29, 1.82) is 0 Å². The molecule has 0 aromatic heterocycles.